The van der Waals surface area contributed by atoms with Crippen molar-refractivity contribution in [2.24, 2.45) is 0 Å². The second kappa shape index (κ2) is 12.3. The molecule has 1 N–H and O–H groups in total. The topological polar surface area (TPSA) is 74.5 Å². The standard InChI is InChI=1S/C50H33N5S/c1-50(2)39-17-8-6-13-33(39)38-27-32(23-25-40(38)50)48-53-47(31-21-19-29(28-51)20-22-31)54-49(55-48)37-16-10-15-35-43-36(45(52-46(35)37)30-11-4-3-5-12-30)24-26-42-44(43)34-14-7-9-18-41(34)56-42/h3-27,45,52H,1-2H3. The molecule has 5 nitrogen and oxygen atoms in total. The molecule has 0 radical (unpaired) electrons. The van der Waals surface area contributed by atoms with Gasteiger partial charge in [0.2, 0.25) is 0 Å². The Labute approximate surface area is 328 Å². The Morgan fingerprint density at radius 3 is 2.11 bits per heavy atom. The summed E-state index contributed by atoms with van der Waals surface area (Å²) in [7, 11) is 0. The van der Waals surface area contributed by atoms with E-state index in [9.17, 15) is 5.26 Å². The van der Waals surface area contributed by atoms with Crippen LogP contribution in [0.1, 0.15) is 47.7 Å². The molecule has 6 heteroatoms. The molecule has 0 amide bonds. The van der Waals surface area contributed by atoms with E-state index in [2.05, 4.69) is 153 Å². The van der Waals surface area contributed by atoms with Crippen LogP contribution in [-0.4, -0.2) is 15.0 Å². The van der Waals surface area contributed by atoms with Gasteiger partial charge in [-0.3, -0.25) is 0 Å². The van der Waals surface area contributed by atoms with Crippen molar-refractivity contribution in [3.63, 3.8) is 0 Å². The number of anilines is 1. The molecule has 7 aromatic carbocycles. The highest BCUT2D eigenvalue weighted by molar-refractivity contribution is 7.26. The van der Waals surface area contributed by atoms with Crippen LogP contribution in [0.25, 0.3) is 76.6 Å². The van der Waals surface area contributed by atoms with Gasteiger partial charge in [-0.2, -0.15) is 5.26 Å². The van der Waals surface area contributed by atoms with Crippen LogP contribution in [0.15, 0.2) is 152 Å². The third-order valence-electron chi connectivity index (χ3n) is 11.6. The van der Waals surface area contributed by atoms with Gasteiger partial charge in [0.1, 0.15) is 0 Å². The van der Waals surface area contributed by atoms with E-state index in [0.29, 0.717) is 23.0 Å². The third kappa shape index (κ3) is 4.88. The molecule has 56 heavy (non-hydrogen) atoms. The molecule has 1 atom stereocenters. The number of nitrogens with one attached hydrogen (secondary N) is 1. The Morgan fingerprint density at radius 1 is 0.589 bits per heavy atom. The minimum atomic E-state index is -0.109. The zero-order valence-electron chi connectivity index (χ0n) is 30.7. The van der Waals surface area contributed by atoms with Crippen molar-refractivity contribution in [3.05, 3.63) is 179 Å². The molecule has 0 saturated carbocycles. The van der Waals surface area contributed by atoms with Crippen LogP contribution in [0.5, 0.6) is 0 Å². The van der Waals surface area contributed by atoms with Crippen molar-refractivity contribution in [2.75, 3.05) is 5.32 Å². The summed E-state index contributed by atoms with van der Waals surface area (Å²) in [6, 6.07) is 55.3. The molecule has 1 aliphatic heterocycles. The van der Waals surface area contributed by atoms with E-state index >= 15 is 0 Å². The largest absolute Gasteiger partial charge is 0.373 e. The van der Waals surface area contributed by atoms with Gasteiger partial charge in [0.15, 0.2) is 17.5 Å². The SMILES string of the molecule is CC1(C)c2ccccc2-c2cc(-c3nc(-c4ccc(C#N)cc4)nc(-c4cccc5c4NC(c4ccccc4)c4ccc6sc7ccccc7c6c4-5)n3)ccc21. The summed E-state index contributed by atoms with van der Waals surface area (Å²) in [4.78, 5) is 15.6. The molecule has 0 saturated heterocycles. The van der Waals surface area contributed by atoms with Gasteiger partial charge in [-0.15, -0.1) is 11.3 Å². The summed E-state index contributed by atoms with van der Waals surface area (Å²) >= 11 is 1.84. The number of nitrogens with zero attached hydrogens (tertiary/aromatic N) is 4. The maximum atomic E-state index is 9.57. The summed E-state index contributed by atoms with van der Waals surface area (Å²) in [5.41, 5.74) is 14.0. The van der Waals surface area contributed by atoms with Crippen molar-refractivity contribution >= 4 is 37.2 Å². The zero-order chi connectivity index (χ0) is 37.5. The number of rotatable bonds is 4. The number of hydrogen-bond acceptors (Lipinski definition) is 6. The lowest BCUT2D eigenvalue weighted by Gasteiger charge is -2.32. The van der Waals surface area contributed by atoms with E-state index in [1.807, 2.05) is 35.6 Å². The predicted molar refractivity (Wildman–Crippen MR) is 229 cm³/mol. The number of nitriles is 1. The Kier molecular flexibility index (Phi) is 7.13. The fourth-order valence-corrected chi connectivity index (χ4v) is 10.0. The summed E-state index contributed by atoms with van der Waals surface area (Å²) in [6.45, 7) is 4.58. The highest BCUT2D eigenvalue weighted by atomic mass is 32.1. The molecule has 11 rings (SSSR count). The van der Waals surface area contributed by atoms with E-state index in [1.165, 1.54) is 59.1 Å². The fourth-order valence-electron chi connectivity index (χ4n) is 8.90. The average Bonchev–Trinajstić information content (AvgIpc) is 3.75. The minimum Gasteiger partial charge on any atom is -0.373 e. The van der Waals surface area contributed by atoms with Crippen molar-refractivity contribution in [1.29, 1.82) is 5.26 Å². The number of benzene rings is 7. The lowest BCUT2D eigenvalue weighted by Crippen LogP contribution is -2.19. The number of thiophene rings is 1. The summed E-state index contributed by atoms with van der Waals surface area (Å²) in [5.74, 6) is 1.73. The van der Waals surface area contributed by atoms with E-state index < -0.39 is 0 Å². The van der Waals surface area contributed by atoms with Crippen molar-refractivity contribution in [3.8, 4) is 62.5 Å². The zero-order valence-corrected chi connectivity index (χ0v) is 31.5. The smallest absolute Gasteiger partial charge is 0.166 e. The van der Waals surface area contributed by atoms with Crippen molar-refractivity contribution in [2.45, 2.75) is 25.3 Å². The molecular weight excluding hydrogens is 703 g/mol. The van der Waals surface area contributed by atoms with Gasteiger partial charge < -0.3 is 5.32 Å². The Morgan fingerprint density at radius 2 is 1.27 bits per heavy atom. The second-order valence-electron chi connectivity index (χ2n) is 15.1. The van der Waals surface area contributed by atoms with E-state index in [1.54, 1.807) is 0 Å². The quantitative estimate of drug-likeness (QED) is 0.195. The molecule has 3 heterocycles. The lowest BCUT2D eigenvalue weighted by molar-refractivity contribution is 0.660. The molecule has 9 aromatic rings. The van der Waals surface area contributed by atoms with Crippen LogP contribution in [0.3, 0.4) is 0 Å². The Hall–Kier alpha value is -6.94. The van der Waals surface area contributed by atoms with Gasteiger partial charge in [0.05, 0.1) is 23.4 Å². The first kappa shape index (κ1) is 32.5. The number of hydrogen-bond donors (Lipinski definition) is 1. The third-order valence-corrected chi connectivity index (χ3v) is 12.8. The molecule has 1 unspecified atom stereocenters. The molecule has 264 valence electrons. The van der Waals surface area contributed by atoms with Gasteiger partial charge in [-0.25, -0.2) is 15.0 Å². The molecule has 0 spiro atoms. The first-order chi connectivity index (χ1) is 27.5. The summed E-state index contributed by atoms with van der Waals surface area (Å²) in [5, 5.41) is 16.1. The van der Waals surface area contributed by atoms with Crippen LogP contribution in [0, 0.1) is 11.3 Å². The van der Waals surface area contributed by atoms with Gasteiger partial charge in [-0.1, -0.05) is 117 Å². The molecule has 2 aromatic heterocycles. The summed E-state index contributed by atoms with van der Waals surface area (Å²) in [6.07, 6.45) is 0. The van der Waals surface area contributed by atoms with Crippen LogP contribution in [0.2, 0.25) is 0 Å². The van der Waals surface area contributed by atoms with E-state index in [-0.39, 0.29) is 11.5 Å². The van der Waals surface area contributed by atoms with Crippen molar-refractivity contribution in [1.82, 2.24) is 15.0 Å². The first-order valence-corrected chi connectivity index (χ1v) is 19.7. The predicted octanol–water partition coefficient (Wildman–Crippen LogP) is 12.6. The maximum Gasteiger partial charge on any atom is 0.166 e. The first-order valence-electron chi connectivity index (χ1n) is 18.9. The average molecular weight is 736 g/mol. The number of fused-ring (bicyclic) bond motifs is 10. The van der Waals surface area contributed by atoms with E-state index in [4.69, 9.17) is 15.0 Å². The number of para-hydroxylation sites is 1. The highest BCUT2D eigenvalue weighted by Gasteiger charge is 2.36. The van der Waals surface area contributed by atoms with Gasteiger partial charge in [0.25, 0.3) is 0 Å². The lowest BCUT2D eigenvalue weighted by atomic mass is 9.82. The van der Waals surface area contributed by atoms with Crippen LogP contribution >= 0.6 is 11.3 Å². The van der Waals surface area contributed by atoms with Crippen LogP contribution in [-0.2, 0) is 5.41 Å². The Bertz CT molecular complexity index is 3100. The maximum absolute atomic E-state index is 9.57. The minimum absolute atomic E-state index is 0.0950. The van der Waals surface area contributed by atoms with Gasteiger partial charge in [0, 0.05) is 47.8 Å². The van der Waals surface area contributed by atoms with E-state index in [0.717, 1.165) is 27.9 Å². The number of aromatic nitrogens is 3. The molecular formula is C50H33N5S. The molecule has 2 aliphatic rings. The Balaban J connectivity index is 1.16. The van der Waals surface area contributed by atoms with Crippen molar-refractivity contribution < 1.29 is 0 Å². The van der Waals surface area contributed by atoms with Gasteiger partial charge in [-0.05, 0) is 87.5 Å². The summed E-state index contributed by atoms with van der Waals surface area (Å²) < 4.78 is 2.54. The normalized spacial score (nSPS) is 14.7. The highest BCUT2D eigenvalue weighted by Crippen LogP contribution is 2.53. The monoisotopic (exact) mass is 735 g/mol. The fraction of sp³-hybridized carbons (Fsp3) is 0.0800. The molecule has 0 fully saturated rings. The van der Waals surface area contributed by atoms with Crippen LogP contribution < -0.4 is 5.32 Å². The molecule has 1 aliphatic carbocycles. The van der Waals surface area contributed by atoms with Gasteiger partial charge >= 0.3 is 0 Å². The molecule has 0 bridgehead atoms. The van der Waals surface area contributed by atoms with Crippen LogP contribution in [0.4, 0.5) is 5.69 Å². The second-order valence-corrected chi connectivity index (χ2v) is 16.2.